The van der Waals surface area contributed by atoms with Gasteiger partial charge >= 0.3 is 11.9 Å². The van der Waals surface area contributed by atoms with Gasteiger partial charge in [-0.25, -0.2) is 0 Å². The lowest BCUT2D eigenvalue weighted by Crippen LogP contribution is -2.42. The van der Waals surface area contributed by atoms with Crippen molar-refractivity contribution in [2.24, 2.45) is 17.6 Å². The van der Waals surface area contributed by atoms with Gasteiger partial charge in [0.25, 0.3) is 0 Å². The summed E-state index contributed by atoms with van der Waals surface area (Å²) in [6.07, 6.45) is 0.600. The van der Waals surface area contributed by atoms with E-state index in [1.54, 1.807) is 0 Å². The molecule has 0 unspecified atom stereocenters. The molecule has 0 aromatic rings. The molecule has 0 amide bonds. The van der Waals surface area contributed by atoms with E-state index in [2.05, 4.69) is 0 Å². The molecule has 0 aromatic heterocycles. The van der Waals surface area contributed by atoms with E-state index in [0.717, 1.165) is 0 Å². The van der Waals surface area contributed by atoms with Crippen molar-refractivity contribution in [3.63, 3.8) is 0 Å². The summed E-state index contributed by atoms with van der Waals surface area (Å²) in [7, 11) is 0. The molecule has 1 fully saturated rings. The lowest BCUT2D eigenvalue weighted by Gasteiger charge is -2.29. The molecule has 1 aliphatic rings. The van der Waals surface area contributed by atoms with Crippen LogP contribution in [0.1, 0.15) is 19.3 Å². The highest BCUT2D eigenvalue weighted by molar-refractivity contribution is 5.74. The van der Waals surface area contributed by atoms with Crippen molar-refractivity contribution in [3.05, 3.63) is 0 Å². The minimum absolute atomic E-state index is 0.00356. The van der Waals surface area contributed by atoms with Crippen LogP contribution in [0.4, 0.5) is 0 Å². The first-order valence-corrected chi connectivity index (χ1v) is 4.16. The van der Waals surface area contributed by atoms with Gasteiger partial charge in [0, 0.05) is 6.04 Å². The fourth-order valence-electron chi connectivity index (χ4n) is 1.64. The first kappa shape index (κ1) is 7.32. The Morgan fingerprint density at radius 3 is 2.46 bits per heavy atom. The van der Waals surface area contributed by atoms with Crippen LogP contribution in [0, 0.1) is 11.8 Å². The summed E-state index contributed by atoms with van der Waals surface area (Å²) in [6.45, 7) is 0. The normalized spacial score (nSPS) is 36.5. The molecule has 0 aromatic carbocycles. The third kappa shape index (κ3) is 2.18. The van der Waals surface area contributed by atoms with Crippen LogP contribution in [-0.2, 0) is 9.59 Å². The van der Waals surface area contributed by atoms with Crippen LogP contribution >= 0.6 is 0 Å². The second-order valence-electron chi connectivity index (χ2n) is 3.36. The highest BCUT2D eigenvalue weighted by Crippen LogP contribution is 2.28. The number of carboxylic acid groups (broad SMARTS) is 2. The Labute approximate surface area is 78.5 Å². The smallest absolute Gasteiger partial charge is 0.308 e. The molecule has 5 heteroatoms. The predicted octanol–water partition coefficient (Wildman–Crippen LogP) is -0.101. The van der Waals surface area contributed by atoms with E-state index in [1.165, 1.54) is 0 Å². The maximum Gasteiger partial charge on any atom is 0.308 e. The van der Waals surface area contributed by atoms with Crippen LogP contribution in [0.2, 0.25) is 2.82 Å². The largest absolute Gasteiger partial charge is 0.481 e. The zero-order valence-corrected chi connectivity index (χ0v) is 7.01. The molecule has 0 bridgehead atoms. The maximum absolute atomic E-state index is 10.9. The van der Waals surface area contributed by atoms with Crippen molar-refractivity contribution in [2.45, 2.75) is 25.3 Å². The van der Waals surface area contributed by atoms with Gasteiger partial charge in [0.2, 0.25) is 0 Å². The van der Waals surface area contributed by atoms with Gasteiger partial charge < -0.3 is 15.9 Å². The van der Waals surface area contributed by atoms with Gasteiger partial charge in [-0.15, -0.1) is 0 Å². The second-order valence-corrected chi connectivity index (χ2v) is 3.36. The summed E-state index contributed by atoms with van der Waals surface area (Å²) in [4.78, 5) is 21.5. The molecular weight excluding hydrogens is 174 g/mol. The third-order valence-electron chi connectivity index (χ3n) is 2.48. The van der Waals surface area contributed by atoms with E-state index in [4.69, 9.17) is 13.0 Å². The highest BCUT2D eigenvalue weighted by atomic mass is 16.4. The second kappa shape index (κ2) is 3.74. The summed E-state index contributed by atoms with van der Waals surface area (Å²) in [6, 6.07) is -0.710. The number of hydrogen-bond acceptors (Lipinski definition) is 3. The van der Waals surface area contributed by atoms with Crippen molar-refractivity contribution in [3.8, 4) is 0 Å². The van der Waals surface area contributed by atoms with E-state index >= 15 is 0 Å². The quantitative estimate of drug-likeness (QED) is 0.575. The summed E-state index contributed by atoms with van der Waals surface area (Å²) < 4.78 is 14.1. The molecule has 74 valence electrons. The molecule has 1 rings (SSSR count). The minimum Gasteiger partial charge on any atom is -0.481 e. The molecule has 0 spiro atoms. The molecule has 0 heterocycles. The van der Waals surface area contributed by atoms with Crippen molar-refractivity contribution >= 4 is 11.9 Å². The van der Waals surface area contributed by atoms with E-state index in [0.29, 0.717) is 12.1 Å². The molecule has 1 aliphatic carbocycles. The zero-order valence-electron chi connectivity index (χ0n) is 9.01. The Balaban J connectivity index is 2.73. The Morgan fingerprint density at radius 1 is 1.31 bits per heavy atom. The molecule has 3 atom stereocenters. The number of carboxylic acids is 2. The molecule has 0 saturated heterocycles. The molecule has 5 nitrogen and oxygen atoms in total. The van der Waals surface area contributed by atoms with Crippen LogP contribution in [0.3, 0.4) is 0 Å². The molecule has 0 aliphatic heterocycles. The topological polar surface area (TPSA) is 101 Å². The minimum atomic E-state index is -1.13. The standard InChI is InChI=1S/C8H13NO4/c9-6-2-1-4(7(10)11)3-5(6)8(12)13/h4-6H,1-3,9H2,(H,10,11)(H,12,13)/t4-,5+,6+/m0/s1/i/hD2. The zero-order chi connectivity index (χ0) is 11.6. The maximum atomic E-state index is 10.9. The van der Waals surface area contributed by atoms with Gasteiger partial charge in [-0.1, -0.05) is 0 Å². The molecule has 0 radical (unpaired) electrons. The lowest BCUT2D eigenvalue weighted by atomic mass is 9.78. The van der Waals surface area contributed by atoms with Crippen molar-refractivity contribution in [1.82, 2.24) is 0 Å². The summed E-state index contributed by atoms with van der Waals surface area (Å²) in [5.74, 6) is -3.73. The van der Waals surface area contributed by atoms with Gasteiger partial charge in [-0.3, -0.25) is 9.59 Å². The van der Waals surface area contributed by atoms with Gasteiger partial charge in [-0.05, 0) is 19.3 Å². The van der Waals surface area contributed by atoms with Gasteiger partial charge in [0.1, 0.15) is 2.82 Å². The lowest BCUT2D eigenvalue weighted by molar-refractivity contribution is -0.148. The average molecular weight is 189 g/mol. The highest BCUT2D eigenvalue weighted by Gasteiger charge is 2.35. The van der Waals surface area contributed by atoms with Crippen LogP contribution in [-0.4, -0.2) is 28.2 Å². The first-order valence-electron chi connectivity index (χ1n) is 5.05. The van der Waals surface area contributed by atoms with E-state index in [1.807, 2.05) is 0 Å². The molecule has 13 heavy (non-hydrogen) atoms. The van der Waals surface area contributed by atoms with Gasteiger partial charge in [0.15, 0.2) is 0 Å². The van der Waals surface area contributed by atoms with E-state index < -0.39 is 29.8 Å². The van der Waals surface area contributed by atoms with Crippen molar-refractivity contribution < 1.29 is 22.6 Å². The summed E-state index contributed by atoms with van der Waals surface area (Å²) in [5.41, 5.74) is 0.372. The van der Waals surface area contributed by atoms with E-state index in [9.17, 15) is 9.59 Å². The number of carbonyl (C=O) groups is 2. The van der Waals surface area contributed by atoms with E-state index in [-0.39, 0.29) is 12.8 Å². The number of nitrogens with two attached hydrogens (primary N) is 1. The Bertz CT molecular complexity index is 271. The number of hydrogen-bond donors (Lipinski definition) is 3. The monoisotopic (exact) mass is 189 g/mol. The van der Waals surface area contributed by atoms with Crippen LogP contribution in [0.5, 0.6) is 0 Å². The third-order valence-corrected chi connectivity index (χ3v) is 2.48. The number of rotatable bonds is 3. The average Bonchev–Trinajstić information content (AvgIpc) is 2.16. The predicted molar refractivity (Wildman–Crippen MR) is 44.1 cm³/mol. The SMILES string of the molecule is [2H]N([2H])[C@@H]1CC[C@H](C(=O)O)C[C@H]1C(=O)O. The molecule has 4 N–H and O–H groups in total. The van der Waals surface area contributed by atoms with Gasteiger partial charge in [0.05, 0.1) is 11.8 Å². The fraction of sp³-hybridized carbons (Fsp3) is 0.750. The summed E-state index contributed by atoms with van der Waals surface area (Å²) in [5, 5.41) is 17.6. The van der Waals surface area contributed by atoms with Crippen LogP contribution in [0.15, 0.2) is 0 Å². The Morgan fingerprint density at radius 2 is 2.00 bits per heavy atom. The van der Waals surface area contributed by atoms with Crippen molar-refractivity contribution in [2.75, 3.05) is 0 Å². The van der Waals surface area contributed by atoms with Crippen molar-refractivity contribution in [1.29, 1.82) is 0 Å². The summed E-state index contributed by atoms with van der Waals surface area (Å²) >= 11 is 0. The Hall–Kier alpha value is -1.10. The first-order chi connectivity index (χ1) is 6.93. The van der Waals surface area contributed by atoms with Crippen LogP contribution < -0.4 is 5.72 Å². The Kier molecular flexibility index (Phi) is 2.11. The van der Waals surface area contributed by atoms with Crippen LogP contribution in [0.25, 0.3) is 0 Å². The number of aliphatic carboxylic acids is 2. The fourth-order valence-corrected chi connectivity index (χ4v) is 1.64. The van der Waals surface area contributed by atoms with Gasteiger partial charge in [-0.2, -0.15) is 0 Å². The molecular formula is C8H13NO4. The molecule has 1 saturated carbocycles.